The van der Waals surface area contributed by atoms with Crippen molar-refractivity contribution in [2.45, 2.75) is 70.9 Å². The van der Waals surface area contributed by atoms with Crippen LogP contribution in [0.5, 0.6) is 0 Å². The summed E-state index contributed by atoms with van der Waals surface area (Å²) in [5.74, 6) is -0.758. The van der Waals surface area contributed by atoms with Gasteiger partial charge in [0, 0.05) is 26.1 Å². The third kappa shape index (κ3) is 7.08. The van der Waals surface area contributed by atoms with Gasteiger partial charge in [-0.3, -0.25) is 9.59 Å². The molecule has 3 unspecified atom stereocenters. The minimum atomic E-state index is -0.730. The van der Waals surface area contributed by atoms with Gasteiger partial charge in [0.1, 0.15) is 12.1 Å². The van der Waals surface area contributed by atoms with Crippen LogP contribution in [-0.4, -0.2) is 55.0 Å². The number of carbonyl (C=O) groups excluding carboxylic acids is 3. The van der Waals surface area contributed by atoms with Crippen LogP contribution in [-0.2, 0) is 9.59 Å². The van der Waals surface area contributed by atoms with E-state index in [-0.39, 0.29) is 30.2 Å². The molecule has 2 fully saturated rings. The number of hydrogen-bond donors (Lipinski definition) is 3. The Morgan fingerprint density at radius 2 is 1.96 bits per heavy atom. The van der Waals surface area contributed by atoms with Crippen LogP contribution in [0.2, 0.25) is 0 Å². The van der Waals surface area contributed by atoms with E-state index in [4.69, 9.17) is 0 Å². The van der Waals surface area contributed by atoms with Crippen LogP contribution in [0, 0.1) is 17.2 Å². The predicted octanol–water partition coefficient (Wildman–Crippen LogP) is 1.52. The first-order chi connectivity index (χ1) is 13.0. The molecular weight excluding hydrogens is 346 g/mol. The van der Waals surface area contributed by atoms with E-state index in [0.29, 0.717) is 25.9 Å². The highest BCUT2D eigenvalue weighted by atomic mass is 16.2. The van der Waals surface area contributed by atoms with Gasteiger partial charge < -0.3 is 20.9 Å². The minimum absolute atomic E-state index is 0.120. The average Bonchev–Trinajstić information content (AvgIpc) is 3.15. The van der Waals surface area contributed by atoms with Gasteiger partial charge >= 0.3 is 6.03 Å². The van der Waals surface area contributed by atoms with Crippen LogP contribution >= 0.6 is 0 Å². The van der Waals surface area contributed by atoms with Gasteiger partial charge in [-0.2, -0.15) is 5.26 Å². The lowest BCUT2D eigenvalue weighted by molar-refractivity contribution is -0.127. The summed E-state index contributed by atoms with van der Waals surface area (Å²) in [6.07, 6.45) is 5.05. The fourth-order valence-corrected chi connectivity index (χ4v) is 3.35. The normalized spacial score (nSPS) is 26.4. The Morgan fingerprint density at radius 1 is 1.26 bits per heavy atom. The molecule has 4 amide bonds. The summed E-state index contributed by atoms with van der Waals surface area (Å²) in [5, 5.41) is 17.5. The molecule has 152 valence electrons. The van der Waals surface area contributed by atoms with Crippen LogP contribution in [0.15, 0.2) is 0 Å². The van der Waals surface area contributed by atoms with Gasteiger partial charge in [0.05, 0.1) is 6.07 Å². The Labute approximate surface area is 162 Å². The highest BCUT2D eigenvalue weighted by Crippen LogP contribution is 2.20. The number of hydrogen-bond acceptors (Lipinski definition) is 4. The fourth-order valence-electron chi connectivity index (χ4n) is 3.35. The Hall–Kier alpha value is -2.30. The van der Waals surface area contributed by atoms with E-state index in [0.717, 1.165) is 19.3 Å². The predicted molar refractivity (Wildman–Crippen MR) is 103 cm³/mol. The van der Waals surface area contributed by atoms with E-state index < -0.39 is 12.1 Å². The van der Waals surface area contributed by atoms with Crippen molar-refractivity contribution in [1.29, 1.82) is 5.26 Å². The van der Waals surface area contributed by atoms with E-state index in [1.807, 2.05) is 0 Å². The minimum Gasteiger partial charge on any atom is -0.359 e. The van der Waals surface area contributed by atoms with E-state index >= 15 is 0 Å². The van der Waals surface area contributed by atoms with Gasteiger partial charge in [-0.1, -0.05) is 26.7 Å². The topological polar surface area (TPSA) is 114 Å². The maximum absolute atomic E-state index is 12.5. The Bertz CT molecular complexity index is 546. The molecule has 0 radical (unpaired) electrons. The van der Waals surface area contributed by atoms with Crippen LogP contribution in [0.4, 0.5) is 4.79 Å². The van der Waals surface area contributed by atoms with E-state index in [2.05, 4.69) is 35.9 Å². The lowest BCUT2D eigenvalue weighted by atomic mass is 9.93. The molecule has 2 saturated heterocycles. The van der Waals surface area contributed by atoms with Gasteiger partial charge in [-0.15, -0.1) is 0 Å². The second-order valence-electron chi connectivity index (χ2n) is 7.02. The van der Waals surface area contributed by atoms with Crippen LogP contribution < -0.4 is 16.0 Å². The summed E-state index contributed by atoms with van der Waals surface area (Å²) in [5.41, 5.74) is 0. The third-order valence-electron chi connectivity index (χ3n) is 4.68. The largest absolute Gasteiger partial charge is 0.359 e. The number of urea groups is 1. The Kier molecular flexibility index (Phi) is 10.2. The summed E-state index contributed by atoms with van der Waals surface area (Å²) in [4.78, 5) is 38.3. The lowest BCUT2D eigenvalue weighted by Crippen LogP contribution is -2.51. The summed E-state index contributed by atoms with van der Waals surface area (Å²) < 4.78 is 0. The highest BCUT2D eigenvalue weighted by molar-refractivity contribution is 5.88. The molecular formula is C19H33N5O3. The fraction of sp³-hybridized carbons (Fsp3) is 0.789. The standard InChI is InChI=1S/C16H25N5O3.C3H8/c1-18-14(22)11-5-2-3-7-19-16(24)21-8-4-6-13(21)15(23)20-12(9-11)10-17;1-3-2/h11-13H,2-9H2,1H3,(H,18,22)(H,19,24)(H,20,23);3H2,1-2H3. The Morgan fingerprint density at radius 3 is 2.59 bits per heavy atom. The third-order valence-corrected chi connectivity index (χ3v) is 4.68. The molecule has 0 aliphatic carbocycles. The van der Waals surface area contributed by atoms with Crippen LogP contribution in [0.1, 0.15) is 58.8 Å². The number of nitrogens with one attached hydrogen (secondary N) is 3. The highest BCUT2D eigenvalue weighted by Gasteiger charge is 2.35. The zero-order chi connectivity index (χ0) is 20.2. The van der Waals surface area contributed by atoms with Crippen molar-refractivity contribution in [2.75, 3.05) is 20.1 Å². The molecule has 0 aromatic rings. The molecule has 0 aromatic heterocycles. The number of nitriles is 1. The van der Waals surface area contributed by atoms with Gasteiger partial charge in [0.25, 0.3) is 0 Å². The van der Waals surface area contributed by atoms with Crippen molar-refractivity contribution in [3.63, 3.8) is 0 Å². The molecule has 3 N–H and O–H groups in total. The molecule has 0 bridgehead atoms. The smallest absolute Gasteiger partial charge is 0.318 e. The number of rotatable bonds is 1. The number of fused-ring (bicyclic) bond motifs is 1. The molecule has 0 spiro atoms. The van der Waals surface area contributed by atoms with E-state index in [1.54, 1.807) is 7.05 Å². The maximum Gasteiger partial charge on any atom is 0.318 e. The van der Waals surface area contributed by atoms with E-state index in [9.17, 15) is 19.6 Å². The molecule has 0 saturated carbocycles. The average molecular weight is 380 g/mol. The first-order valence-corrected chi connectivity index (χ1v) is 9.94. The van der Waals surface area contributed by atoms with Crippen LogP contribution in [0.3, 0.4) is 0 Å². The molecule has 2 aliphatic heterocycles. The molecule has 27 heavy (non-hydrogen) atoms. The zero-order valence-corrected chi connectivity index (χ0v) is 16.7. The van der Waals surface area contributed by atoms with Crippen LogP contribution in [0.25, 0.3) is 0 Å². The van der Waals surface area contributed by atoms with Gasteiger partial charge in [0.15, 0.2) is 0 Å². The van der Waals surface area contributed by atoms with E-state index in [1.165, 1.54) is 11.3 Å². The maximum atomic E-state index is 12.5. The molecule has 8 nitrogen and oxygen atoms in total. The summed E-state index contributed by atoms with van der Waals surface area (Å²) in [6.45, 7) is 5.31. The first kappa shape index (κ1) is 22.7. The SMILES string of the molecule is CCC.CNC(=O)C1CCCCNC(=O)N2CCCC2C(=O)NC(C#N)C1. The van der Waals surface area contributed by atoms with Crippen molar-refractivity contribution in [3.05, 3.63) is 0 Å². The second kappa shape index (κ2) is 12.2. The van der Waals surface area contributed by atoms with Gasteiger partial charge in [0.2, 0.25) is 11.8 Å². The summed E-state index contributed by atoms with van der Waals surface area (Å²) in [7, 11) is 1.57. The molecule has 2 aliphatic rings. The molecule has 0 aromatic carbocycles. The first-order valence-electron chi connectivity index (χ1n) is 9.94. The van der Waals surface area contributed by atoms with Gasteiger partial charge in [-0.05, 0) is 32.1 Å². The zero-order valence-electron chi connectivity index (χ0n) is 16.7. The molecule has 2 heterocycles. The number of amides is 4. The summed E-state index contributed by atoms with van der Waals surface area (Å²) in [6, 6.07) is 0.566. The van der Waals surface area contributed by atoms with Crippen molar-refractivity contribution < 1.29 is 14.4 Å². The van der Waals surface area contributed by atoms with Gasteiger partial charge in [-0.25, -0.2) is 4.79 Å². The van der Waals surface area contributed by atoms with Crippen molar-refractivity contribution in [2.24, 2.45) is 5.92 Å². The Balaban J connectivity index is 0.00000114. The number of carbonyl (C=O) groups is 3. The second-order valence-corrected chi connectivity index (χ2v) is 7.02. The molecule has 8 heteroatoms. The summed E-state index contributed by atoms with van der Waals surface area (Å²) >= 11 is 0. The van der Waals surface area contributed by atoms with Crippen molar-refractivity contribution in [1.82, 2.24) is 20.9 Å². The monoisotopic (exact) mass is 379 g/mol. The lowest BCUT2D eigenvalue weighted by Gasteiger charge is -2.25. The quantitative estimate of drug-likeness (QED) is 0.641. The van der Waals surface area contributed by atoms with Crippen molar-refractivity contribution >= 4 is 17.8 Å². The number of nitrogens with zero attached hydrogens (tertiary/aromatic N) is 2. The molecule has 2 rings (SSSR count). The molecule has 3 atom stereocenters. The van der Waals surface area contributed by atoms with Crippen molar-refractivity contribution in [3.8, 4) is 6.07 Å².